The second-order valence-electron chi connectivity index (χ2n) is 18.9. The number of benzene rings is 4. The molecule has 3 heterocycles. The van der Waals surface area contributed by atoms with Crippen LogP contribution in [0.2, 0.25) is 0 Å². The minimum absolute atomic E-state index is 0.604. The first kappa shape index (κ1) is 56.9. The van der Waals surface area contributed by atoms with E-state index >= 15 is 0 Å². The van der Waals surface area contributed by atoms with Crippen LogP contribution in [0, 0.1) is 47.4 Å². The first-order valence-electron chi connectivity index (χ1n) is 27.8. The fourth-order valence-corrected chi connectivity index (χ4v) is 8.96. The van der Waals surface area contributed by atoms with Gasteiger partial charge in [0.15, 0.2) is 0 Å². The summed E-state index contributed by atoms with van der Waals surface area (Å²) in [4.78, 5) is 8.28. The molecular weight excluding hydrogens is 969 g/mol. The summed E-state index contributed by atoms with van der Waals surface area (Å²) >= 11 is 1.55. The van der Waals surface area contributed by atoms with Gasteiger partial charge in [-0.1, -0.05) is 188 Å². The molecule has 0 aliphatic heterocycles. The molecule has 0 atom stereocenters. The molecule has 3 aromatic heterocycles. The third-order valence-corrected chi connectivity index (χ3v) is 13.6. The van der Waals surface area contributed by atoms with E-state index in [0.29, 0.717) is 49.4 Å². The van der Waals surface area contributed by atoms with Crippen molar-refractivity contribution in [1.82, 2.24) is 20.2 Å². The molecule has 0 aliphatic carbocycles. The molecule has 0 aliphatic rings. The molecular formula is C68H72N4O4S. The molecule has 394 valence electrons. The normalized spacial score (nSPS) is 10.4. The molecule has 0 saturated carbocycles. The maximum atomic E-state index is 6.43. The van der Waals surface area contributed by atoms with Crippen molar-refractivity contribution < 1.29 is 18.9 Å². The van der Waals surface area contributed by atoms with Gasteiger partial charge in [0.1, 0.15) is 33.0 Å². The van der Waals surface area contributed by atoms with Crippen LogP contribution < -0.4 is 18.9 Å². The molecule has 0 bridgehead atoms. The predicted molar refractivity (Wildman–Crippen MR) is 315 cm³/mol. The summed E-state index contributed by atoms with van der Waals surface area (Å²) in [6.45, 7) is 11.3. The highest BCUT2D eigenvalue weighted by Gasteiger charge is 2.14. The predicted octanol–water partition coefficient (Wildman–Crippen LogP) is 16.1. The van der Waals surface area contributed by atoms with E-state index in [4.69, 9.17) is 18.9 Å². The highest BCUT2D eigenvalue weighted by molar-refractivity contribution is 7.17. The lowest BCUT2D eigenvalue weighted by atomic mass is 10.1. The van der Waals surface area contributed by atoms with E-state index in [1.165, 1.54) is 38.5 Å². The van der Waals surface area contributed by atoms with Gasteiger partial charge in [-0.25, -0.2) is 0 Å². The van der Waals surface area contributed by atoms with Crippen LogP contribution in [-0.2, 0) is 0 Å². The zero-order chi connectivity index (χ0) is 53.5. The molecule has 0 amide bonds. The lowest BCUT2D eigenvalue weighted by molar-refractivity contribution is 0.295. The molecule has 7 aromatic rings. The van der Waals surface area contributed by atoms with Crippen molar-refractivity contribution in [3.05, 3.63) is 166 Å². The molecule has 9 heteroatoms. The molecule has 8 nitrogen and oxygen atoms in total. The first-order valence-corrected chi connectivity index (χ1v) is 28.6. The summed E-state index contributed by atoms with van der Waals surface area (Å²) in [6, 6.07) is 31.9. The van der Waals surface area contributed by atoms with E-state index in [2.05, 4.69) is 95.2 Å². The van der Waals surface area contributed by atoms with Gasteiger partial charge in [0.2, 0.25) is 0 Å². The second kappa shape index (κ2) is 32.6. The van der Waals surface area contributed by atoms with Gasteiger partial charge in [0, 0.05) is 82.4 Å². The summed E-state index contributed by atoms with van der Waals surface area (Å²) in [6.07, 6.45) is 24.7. The third-order valence-electron chi connectivity index (χ3n) is 12.6. The number of hydrogen-bond donors (Lipinski definition) is 0. The van der Waals surface area contributed by atoms with Crippen LogP contribution in [0.5, 0.6) is 23.0 Å². The average Bonchev–Trinajstić information content (AvgIpc) is 3.98. The van der Waals surface area contributed by atoms with Crippen LogP contribution in [0.25, 0.3) is 21.1 Å². The van der Waals surface area contributed by atoms with Gasteiger partial charge in [-0.3, -0.25) is 9.97 Å². The SMILES string of the molecule is CCCCCCOc1cc(C#Cc2ccc(-c3nnc(-c4ccc(C#Cc5cc(OCCCCCC)c(C#Cc6ccncc6)cc5OCCCCCC)cc4)s3)cc2)c(OCCCCCC)cc1C#Cc1ccncc1. The summed E-state index contributed by atoms with van der Waals surface area (Å²) in [5.74, 6) is 29.7. The van der Waals surface area contributed by atoms with E-state index in [1.807, 2.05) is 97.1 Å². The maximum Gasteiger partial charge on any atom is 0.148 e. The van der Waals surface area contributed by atoms with Crippen LogP contribution in [0.15, 0.2) is 122 Å². The average molecular weight is 1040 g/mol. The van der Waals surface area contributed by atoms with E-state index < -0.39 is 0 Å². The number of unbranched alkanes of at least 4 members (excludes halogenated alkanes) is 12. The van der Waals surface area contributed by atoms with Crippen molar-refractivity contribution in [3.63, 3.8) is 0 Å². The quantitative estimate of drug-likeness (QED) is 0.0392. The van der Waals surface area contributed by atoms with E-state index in [0.717, 1.165) is 130 Å². The Labute approximate surface area is 462 Å². The van der Waals surface area contributed by atoms with Gasteiger partial charge in [-0.15, -0.1) is 10.2 Å². The molecule has 77 heavy (non-hydrogen) atoms. The van der Waals surface area contributed by atoms with Gasteiger partial charge in [-0.05, 0) is 74.2 Å². The van der Waals surface area contributed by atoms with E-state index in [9.17, 15) is 0 Å². The molecule has 0 saturated heterocycles. The Morgan fingerprint density at radius 2 is 0.597 bits per heavy atom. The molecule has 0 spiro atoms. The Hall–Kier alpha value is -7.82. The number of hydrogen-bond acceptors (Lipinski definition) is 9. The lowest BCUT2D eigenvalue weighted by Gasteiger charge is -2.14. The maximum absolute atomic E-state index is 6.43. The summed E-state index contributed by atoms with van der Waals surface area (Å²) in [5, 5.41) is 10.8. The minimum atomic E-state index is 0.604. The van der Waals surface area contributed by atoms with Gasteiger partial charge < -0.3 is 18.9 Å². The zero-order valence-corrected chi connectivity index (χ0v) is 46.3. The fraction of sp³-hybridized carbons (Fsp3) is 0.353. The van der Waals surface area contributed by atoms with E-state index in [1.54, 1.807) is 36.1 Å². The fourth-order valence-electron chi connectivity index (χ4n) is 8.11. The van der Waals surface area contributed by atoms with E-state index in [-0.39, 0.29) is 0 Å². The highest BCUT2D eigenvalue weighted by Crippen LogP contribution is 2.33. The second-order valence-corrected chi connectivity index (χ2v) is 19.8. The molecule has 0 fully saturated rings. The first-order chi connectivity index (χ1) is 38.0. The van der Waals surface area contributed by atoms with Crippen LogP contribution >= 0.6 is 11.3 Å². The molecule has 7 rings (SSSR count). The van der Waals surface area contributed by atoms with Crippen LogP contribution in [0.1, 0.15) is 175 Å². The molecule has 0 radical (unpaired) electrons. The van der Waals surface area contributed by atoms with Crippen molar-refractivity contribution in [2.45, 2.75) is 130 Å². The number of rotatable bonds is 26. The van der Waals surface area contributed by atoms with Crippen molar-refractivity contribution in [3.8, 4) is 91.5 Å². The zero-order valence-electron chi connectivity index (χ0n) is 45.5. The Morgan fingerprint density at radius 1 is 0.325 bits per heavy atom. The van der Waals surface area contributed by atoms with Crippen LogP contribution in [-0.4, -0.2) is 46.6 Å². The van der Waals surface area contributed by atoms with Gasteiger partial charge >= 0.3 is 0 Å². The van der Waals surface area contributed by atoms with Crippen molar-refractivity contribution >= 4 is 11.3 Å². The standard InChI is InChI=1S/C68H72N4O4S/c1-5-9-13-17-45-73-63-51-61(35-27-55-37-41-69-42-38-55)65(75-47-19-15-11-7-3)49-59(63)33-25-53-21-29-57(30-22-53)67-71-72-68(77-67)58-31-23-54(24-32-58)26-34-60-50-66(76-48-20-16-12-8-4)62(36-28-56-39-43-70-44-40-56)52-64(60)74-46-18-14-10-6-2/h21-24,29-32,37-44,49-52H,5-20,45-48H2,1-4H3. The van der Waals surface area contributed by atoms with Crippen molar-refractivity contribution in [2.75, 3.05) is 26.4 Å². The van der Waals surface area contributed by atoms with Crippen molar-refractivity contribution in [1.29, 1.82) is 0 Å². The Kier molecular flexibility index (Phi) is 24.1. The van der Waals surface area contributed by atoms with Gasteiger partial charge in [0.05, 0.1) is 48.7 Å². The monoisotopic (exact) mass is 1040 g/mol. The number of pyridine rings is 2. The lowest BCUT2D eigenvalue weighted by Crippen LogP contribution is -2.03. The summed E-state index contributed by atoms with van der Waals surface area (Å²) in [7, 11) is 0. The summed E-state index contributed by atoms with van der Waals surface area (Å²) < 4.78 is 25.7. The Morgan fingerprint density at radius 3 is 0.870 bits per heavy atom. The van der Waals surface area contributed by atoms with Crippen LogP contribution in [0.4, 0.5) is 0 Å². The third kappa shape index (κ3) is 19.1. The molecule has 4 aromatic carbocycles. The largest absolute Gasteiger partial charge is 0.492 e. The number of ether oxygens (including phenoxy) is 4. The molecule has 0 unspecified atom stereocenters. The van der Waals surface area contributed by atoms with Gasteiger partial charge in [-0.2, -0.15) is 0 Å². The highest BCUT2D eigenvalue weighted by atomic mass is 32.1. The Balaban J connectivity index is 1.08. The minimum Gasteiger partial charge on any atom is -0.492 e. The van der Waals surface area contributed by atoms with Crippen LogP contribution in [0.3, 0.4) is 0 Å². The van der Waals surface area contributed by atoms with Crippen molar-refractivity contribution in [2.24, 2.45) is 0 Å². The van der Waals surface area contributed by atoms with Gasteiger partial charge in [0.25, 0.3) is 0 Å². The smallest absolute Gasteiger partial charge is 0.148 e. The number of nitrogens with zero attached hydrogens (tertiary/aromatic N) is 4. The molecule has 0 N–H and O–H groups in total. The number of aromatic nitrogens is 4. The topological polar surface area (TPSA) is 88.5 Å². The Bertz CT molecular complexity index is 2950. The summed E-state index contributed by atoms with van der Waals surface area (Å²) in [5.41, 5.74) is 8.54.